The highest BCUT2D eigenvalue weighted by atomic mass is 32.2. The summed E-state index contributed by atoms with van der Waals surface area (Å²) in [5.41, 5.74) is 0.593. The zero-order chi connectivity index (χ0) is 13.3. The van der Waals surface area contributed by atoms with Crippen LogP contribution in [0, 0.1) is 0 Å². The van der Waals surface area contributed by atoms with Crippen LogP contribution in [0.5, 0.6) is 0 Å². The monoisotopic (exact) mass is 257 g/mol. The van der Waals surface area contributed by atoms with Gasteiger partial charge in [-0.15, -0.1) is 0 Å². The van der Waals surface area contributed by atoms with Crippen LogP contribution in [0.25, 0.3) is 0 Å². The Morgan fingerprint density at radius 3 is 1.88 bits per heavy atom. The minimum absolute atomic E-state index is 0.343. The van der Waals surface area contributed by atoms with Crippen molar-refractivity contribution in [2.24, 2.45) is 0 Å². The molecule has 0 saturated carbocycles. The van der Waals surface area contributed by atoms with Crippen molar-refractivity contribution in [3.05, 3.63) is 30.3 Å². The minimum atomic E-state index is -3.13. The molecule has 1 rings (SSSR count). The second-order valence-electron chi connectivity index (χ2n) is 3.49. The fourth-order valence-corrected chi connectivity index (χ4v) is 1.53. The molecule has 0 spiro atoms. The molecule has 0 aromatic heterocycles. The van der Waals surface area contributed by atoms with E-state index < -0.39 is 10.0 Å². The molecule has 0 fully saturated rings. The summed E-state index contributed by atoms with van der Waals surface area (Å²) >= 11 is 0. The summed E-state index contributed by atoms with van der Waals surface area (Å²) in [5.74, 6) is 0.343. The van der Waals surface area contributed by atoms with E-state index in [4.69, 9.17) is 0 Å². The molecule has 0 saturated heterocycles. The van der Waals surface area contributed by atoms with Crippen molar-refractivity contribution >= 4 is 21.5 Å². The van der Waals surface area contributed by atoms with E-state index >= 15 is 0 Å². The number of sulfonamides is 1. The summed E-state index contributed by atoms with van der Waals surface area (Å²) in [7, 11) is -3.13. The number of ketones is 1. The quantitative estimate of drug-likeness (QED) is 0.901. The molecular weight excluding hydrogens is 238 g/mol. The zero-order valence-electron chi connectivity index (χ0n) is 10.4. The van der Waals surface area contributed by atoms with Gasteiger partial charge in [0.05, 0.1) is 6.26 Å². The number of rotatable bonds is 4. The van der Waals surface area contributed by atoms with Crippen molar-refractivity contribution in [2.75, 3.05) is 11.0 Å². The second-order valence-corrected chi connectivity index (χ2v) is 5.23. The largest absolute Gasteiger partial charge is 0.300 e. The Hall–Kier alpha value is -1.36. The van der Waals surface area contributed by atoms with Crippen molar-refractivity contribution in [3.8, 4) is 0 Å². The molecule has 0 amide bonds. The lowest BCUT2D eigenvalue weighted by Crippen LogP contribution is -2.08. The third kappa shape index (κ3) is 9.56. The standard InChI is InChI=1S/C7H9NO2S.C5H10O/c1-11(9,10)8-7-5-3-2-4-6-7;1-3-5(6)4-2/h2-6,8H,1H3;3-4H2,1-2H3. The van der Waals surface area contributed by atoms with Gasteiger partial charge in [-0.3, -0.25) is 9.52 Å². The smallest absolute Gasteiger partial charge is 0.229 e. The Balaban J connectivity index is 0.000000366. The fraction of sp³-hybridized carbons (Fsp3) is 0.417. The van der Waals surface area contributed by atoms with E-state index in [0.717, 1.165) is 6.26 Å². The van der Waals surface area contributed by atoms with Crippen molar-refractivity contribution in [1.29, 1.82) is 0 Å². The Bertz CT molecular complexity index is 420. The second kappa shape index (κ2) is 7.84. The van der Waals surface area contributed by atoms with Crippen LogP contribution in [0.2, 0.25) is 0 Å². The molecule has 1 aromatic rings. The van der Waals surface area contributed by atoms with Gasteiger partial charge in [0, 0.05) is 18.5 Å². The van der Waals surface area contributed by atoms with Crippen LogP contribution < -0.4 is 4.72 Å². The highest BCUT2D eigenvalue weighted by Crippen LogP contribution is 2.05. The number of hydrogen-bond donors (Lipinski definition) is 1. The maximum Gasteiger partial charge on any atom is 0.229 e. The molecule has 5 heteroatoms. The van der Waals surface area contributed by atoms with Gasteiger partial charge >= 0.3 is 0 Å². The van der Waals surface area contributed by atoms with Gasteiger partial charge in [0.25, 0.3) is 0 Å². The molecule has 0 atom stereocenters. The van der Waals surface area contributed by atoms with Gasteiger partial charge < -0.3 is 0 Å². The molecule has 1 N–H and O–H groups in total. The molecule has 0 radical (unpaired) electrons. The predicted molar refractivity (Wildman–Crippen MR) is 70.5 cm³/mol. The molecule has 0 aliphatic heterocycles. The Morgan fingerprint density at radius 1 is 1.12 bits per heavy atom. The van der Waals surface area contributed by atoms with Gasteiger partial charge in [0.1, 0.15) is 5.78 Å². The highest BCUT2D eigenvalue weighted by Gasteiger charge is 1.98. The molecule has 96 valence electrons. The van der Waals surface area contributed by atoms with E-state index in [1.165, 1.54) is 0 Å². The first-order chi connectivity index (χ1) is 7.89. The Kier molecular flexibility index (Phi) is 7.21. The van der Waals surface area contributed by atoms with E-state index in [0.29, 0.717) is 24.3 Å². The number of carbonyl (C=O) groups is 1. The summed E-state index contributed by atoms with van der Waals surface area (Å²) in [5, 5.41) is 0. The maximum absolute atomic E-state index is 10.7. The normalized spacial score (nSPS) is 10.1. The topological polar surface area (TPSA) is 63.2 Å². The van der Waals surface area contributed by atoms with E-state index in [-0.39, 0.29) is 0 Å². The number of carbonyl (C=O) groups excluding carboxylic acids is 1. The number of Topliss-reactive ketones (excluding diaryl/α,β-unsaturated/α-hetero) is 1. The highest BCUT2D eigenvalue weighted by molar-refractivity contribution is 7.92. The van der Waals surface area contributed by atoms with Gasteiger partial charge in [0.15, 0.2) is 0 Å². The maximum atomic E-state index is 10.7. The van der Waals surface area contributed by atoms with Gasteiger partial charge in [0.2, 0.25) is 10.0 Å². The molecule has 0 heterocycles. The lowest BCUT2D eigenvalue weighted by molar-refractivity contribution is -0.118. The summed E-state index contributed by atoms with van der Waals surface area (Å²) in [6, 6.07) is 8.76. The lowest BCUT2D eigenvalue weighted by Gasteiger charge is -2.00. The van der Waals surface area contributed by atoms with Crippen molar-refractivity contribution < 1.29 is 13.2 Å². The summed E-state index contributed by atoms with van der Waals surface area (Å²) in [6.07, 6.45) is 2.51. The van der Waals surface area contributed by atoms with Gasteiger partial charge in [-0.1, -0.05) is 32.0 Å². The number of benzene rings is 1. The fourth-order valence-electron chi connectivity index (χ4n) is 0.970. The van der Waals surface area contributed by atoms with Crippen molar-refractivity contribution in [3.63, 3.8) is 0 Å². The van der Waals surface area contributed by atoms with Gasteiger partial charge in [-0.2, -0.15) is 0 Å². The van der Waals surface area contributed by atoms with Crippen LogP contribution in [0.4, 0.5) is 5.69 Å². The summed E-state index contributed by atoms with van der Waals surface area (Å²) in [4.78, 5) is 10.2. The van der Waals surface area contributed by atoms with Crippen LogP contribution in [0.3, 0.4) is 0 Å². The van der Waals surface area contributed by atoms with Gasteiger partial charge in [-0.25, -0.2) is 8.42 Å². The van der Waals surface area contributed by atoms with E-state index in [2.05, 4.69) is 4.72 Å². The number of para-hydroxylation sites is 1. The molecule has 4 nitrogen and oxygen atoms in total. The van der Waals surface area contributed by atoms with Crippen molar-refractivity contribution in [1.82, 2.24) is 0 Å². The third-order valence-electron chi connectivity index (χ3n) is 1.87. The molecule has 17 heavy (non-hydrogen) atoms. The first-order valence-corrected chi connectivity index (χ1v) is 7.32. The molecule has 0 aliphatic rings. The molecule has 0 bridgehead atoms. The van der Waals surface area contributed by atoms with Crippen LogP contribution in [0.1, 0.15) is 26.7 Å². The third-order valence-corrected chi connectivity index (χ3v) is 2.47. The Labute approximate surface area is 103 Å². The number of nitrogens with one attached hydrogen (secondary N) is 1. The van der Waals surface area contributed by atoms with Crippen LogP contribution >= 0.6 is 0 Å². The average molecular weight is 257 g/mol. The minimum Gasteiger partial charge on any atom is -0.300 e. The molecule has 0 aliphatic carbocycles. The lowest BCUT2D eigenvalue weighted by atomic mass is 10.3. The zero-order valence-corrected chi connectivity index (χ0v) is 11.3. The van der Waals surface area contributed by atoms with Gasteiger partial charge in [-0.05, 0) is 12.1 Å². The predicted octanol–water partition coefficient (Wildman–Crippen LogP) is 2.43. The van der Waals surface area contributed by atoms with Crippen LogP contribution in [0.15, 0.2) is 30.3 Å². The SMILES string of the molecule is CCC(=O)CC.CS(=O)(=O)Nc1ccccc1. The number of anilines is 1. The van der Waals surface area contributed by atoms with Crippen LogP contribution in [-0.4, -0.2) is 20.5 Å². The van der Waals surface area contributed by atoms with Crippen LogP contribution in [-0.2, 0) is 14.8 Å². The molecule has 0 unspecified atom stereocenters. The van der Waals surface area contributed by atoms with E-state index in [1.807, 2.05) is 19.9 Å². The average Bonchev–Trinajstić information content (AvgIpc) is 2.28. The Morgan fingerprint density at radius 2 is 1.59 bits per heavy atom. The molecular formula is C12H19NO3S. The first-order valence-electron chi connectivity index (χ1n) is 5.43. The summed E-state index contributed by atoms with van der Waals surface area (Å²) < 4.78 is 23.7. The van der Waals surface area contributed by atoms with Crippen molar-refractivity contribution in [2.45, 2.75) is 26.7 Å². The first kappa shape index (κ1) is 15.6. The van der Waals surface area contributed by atoms with E-state index in [1.54, 1.807) is 24.3 Å². The van der Waals surface area contributed by atoms with E-state index in [9.17, 15) is 13.2 Å². The number of hydrogen-bond acceptors (Lipinski definition) is 3. The molecule has 1 aromatic carbocycles. The summed E-state index contributed by atoms with van der Waals surface area (Å²) in [6.45, 7) is 3.76.